The lowest BCUT2D eigenvalue weighted by atomic mass is 10.0. The molecule has 1 saturated heterocycles. The van der Waals surface area contributed by atoms with Crippen LogP contribution < -0.4 is 15.0 Å². The first-order valence-corrected chi connectivity index (χ1v) is 11.4. The van der Waals surface area contributed by atoms with Crippen LogP contribution in [0.4, 0.5) is 5.69 Å². The summed E-state index contributed by atoms with van der Waals surface area (Å²) in [5, 5.41) is 4.17. The second-order valence-corrected chi connectivity index (χ2v) is 8.31. The van der Waals surface area contributed by atoms with Gasteiger partial charge in [-0.15, -0.1) is 0 Å². The van der Waals surface area contributed by atoms with Gasteiger partial charge in [0.05, 0.1) is 18.3 Å². The third-order valence-corrected chi connectivity index (χ3v) is 6.06. The van der Waals surface area contributed by atoms with Crippen LogP contribution in [-0.4, -0.2) is 26.3 Å². The van der Waals surface area contributed by atoms with Crippen molar-refractivity contribution in [1.82, 2.24) is 19.9 Å². The zero-order valence-electron chi connectivity index (χ0n) is 18.6. The number of benzene rings is 1. The van der Waals surface area contributed by atoms with Gasteiger partial charge < -0.3 is 19.5 Å². The van der Waals surface area contributed by atoms with Gasteiger partial charge in [0.15, 0.2) is 5.11 Å². The number of hydrogen-bond donors (Lipinski definition) is 1. The maximum absolute atomic E-state index is 5.84. The summed E-state index contributed by atoms with van der Waals surface area (Å²) in [6.45, 7) is 4.65. The number of hydrogen-bond acceptors (Lipinski definition) is 4. The van der Waals surface area contributed by atoms with Gasteiger partial charge in [-0.05, 0) is 86.2 Å². The van der Waals surface area contributed by atoms with E-state index in [9.17, 15) is 0 Å². The van der Waals surface area contributed by atoms with Gasteiger partial charge >= 0.3 is 0 Å². The Bertz CT molecular complexity index is 1240. The molecule has 1 N–H and O–H groups in total. The molecule has 0 aliphatic carbocycles. The zero-order valence-corrected chi connectivity index (χ0v) is 19.4. The number of pyridine rings is 2. The number of thiocarbonyl (C=S) groups is 1. The fourth-order valence-corrected chi connectivity index (χ4v) is 4.60. The summed E-state index contributed by atoms with van der Waals surface area (Å²) >= 11 is 5.84. The van der Waals surface area contributed by atoms with Crippen LogP contribution in [0.5, 0.6) is 5.75 Å². The first-order chi connectivity index (χ1) is 16.2. The second kappa shape index (κ2) is 9.03. The maximum atomic E-state index is 5.84. The van der Waals surface area contributed by atoms with Gasteiger partial charge in [-0.2, -0.15) is 0 Å². The third kappa shape index (κ3) is 4.07. The molecule has 3 aromatic heterocycles. The van der Waals surface area contributed by atoms with Gasteiger partial charge in [0.25, 0.3) is 0 Å². The van der Waals surface area contributed by atoms with Crippen LogP contribution in [0, 0.1) is 6.92 Å². The minimum absolute atomic E-state index is 0.121. The molecule has 0 bridgehead atoms. The number of anilines is 1. The van der Waals surface area contributed by atoms with Crippen molar-refractivity contribution in [2.45, 2.75) is 25.9 Å². The Balaban J connectivity index is 1.62. The Morgan fingerprint density at radius 2 is 1.85 bits per heavy atom. The zero-order chi connectivity index (χ0) is 22.8. The van der Waals surface area contributed by atoms with Gasteiger partial charge in [-0.25, -0.2) is 4.98 Å². The Morgan fingerprint density at radius 1 is 1.00 bits per heavy atom. The summed E-state index contributed by atoms with van der Waals surface area (Å²) in [6, 6.07) is 22.1. The molecule has 2 atom stereocenters. The van der Waals surface area contributed by atoms with Crippen LogP contribution in [0.25, 0.3) is 5.82 Å². The molecule has 0 radical (unpaired) electrons. The number of rotatable bonds is 6. The van der Waals surface area contributed by atoms with Crippen molar-refractivity contribution in [2.24, 2.45) is 0 Å². The van der Waals surface area contributed by atoms with Crippen LogP contribution in [0.1, 0.15) is 36.0 Å². The molecule has 0 amide bonds. The van der Waals surface area contributed by atoms with E-state index in [0.717, 1.165) is 34.2 Å². The molecule has 1 aromatic carbocycles. The highest BCUT2D eigenvalue weighted by atomic mass is 32.1. The van der Waals surface area contributed by atoms with E-state index in [-0.39, 0.29) is 12.1 Å². The Hall–Kier alpha value is -3.71. The highest BCUT2D eigenvalue weighted by molar-refractivity contribution is 7.80. The molecule has 4 heterocycles. The Kier molecular flexibility index (Phi) is 5.79. The first-order valence-electron chi connectivity index (χ1n) is 11.0. The van der Waals surface area contributed by atoms with Crippen LogP contribution in [0.15, 0.2) is 85.3 Å². The number of nitrogens with one attached hydrogen (secondary N) is 1. The molecular formula is C26H25N5OS. The predicted molar refractivity (Wildman–Crippen MR) is 134 cm³/mol. The summed E-state index contributed by atoms with van der Waals surface area (Å²) in [7, 11) is 0. The van der Waals surface area contributed by atoms with Crippen molar-refractivity contribution in [1.29, 1.82) is 0 Å². The molecule has 0 saturated carbocycles. The number of aryl methyl sites for hydroxylation is 1. The summed E-state index contributed by atoms with van der Waals surface area (Å²) in [5.74, 6) is 1.70. The monoisotopic (exact) mass is 455 g/mol. The van der Waals surface area contributed by atoms with Gasteiger partial charge in [-0.1, -0.05) is 12.1 Å². The summed E-state index contributed by atoms with van der Waals surface area (Å²) < 4.78 is 7.76. The van der Waals surface area contributed by atoms with Crippen LogP contribution in [0.2, 0.25) is 0 Å². The Morgan fingerprint density at radius 3 is 2.55 bits per heavy atom. The van der Waals surface area contributed by atoms with E-state index < -0.39 is 0 Å². The number of ether oxygens (including phenoxy) is 1. The first kappa shape index (κ1) is 21.2. The maximum Gasteiger partial charge on any atom is 0.174 e. The lowest BCUT2D eigenvalue weighted by molar-refractivity contribution is 0.340. The average Bonchev–Trinajstić information content (AvgIpc) is 3.45. The lowest BCUT2D eigenvalue weighted by Gasteiger charge is -2.29. The molecule has 0 unspecified atom stereocenters. The van der Waals surface area contributed by atoms with E-state index in [2.05, 4.69) is 36.9 Å². The summed E-state index contributed by atoms with van der Waals surface area (Å²) in [6.07, 6.45) is 5.74. The highest BCUT2D eigenvalue weighted by Crippen LogP contribution is 2.42. The minimum Gasteiger partial charge on any atom is -0.494 e. The molecular weight excluding hydrogens is 430 g/mol. The highest BCUT2D eigenvalue weighted by Gasteiger charge is 2.42. The fraction of sp³-hybridized carbons (Fsp3) is 0.192. The SMILES string of the molecule is CCOc1ccc(N2C(=S)N[C@H](c3ccccn3)[C@H]2c2cccn2-c2ccc(C)cn2)cc1. The number of nitrogens with zero attached hydrogens (tertiary/aromatic N) is 4. The second-order valence-electron chi connectivity index (χ2n) is 7.92. The van der Waals surface area contributed by atoms with Gasteiger partial charge in [0.2, 0.25) is 0 Å². The number of aromatic nitrogens is 3. The normalized spacial score (nSPS) is 17.8. The average molecular weight is 456 g/mol. The van der Waals surface area contributed by atoms with E-state index in [1.807, 2.05) is 87.0 Å². The van der Waals surface area contributed by atoms with E-state index >= 15 is 0 Å². The molecule has 33 heavy (non-hydrogen) atoms. The van der Waals surface area contributed by atoms with Gasteiger partial charge in [0, 0.05) is 30.0 Å². The predicted octanol–water partition coefficient (Wildman–Crippen LogP) is 5.15. The van der Waals surface area contributed by atoms with Crippen molar-refractivity contribution >= 4 is 23.0 Å². The van der Waals surface area contributed by atoms with Crippen molar-refractivity contribution in [2.75, 3.05) is 11.5 Å². The van der Waals surface area contributed by atoms with Crippen LogP contribution >= 0.6 is 12.2 Å². The fourth-order valence-electron chi connectivity index (χ4n) is 4.25. The van der Waals surface area contributed by atoms with Gasteiger partial charge in [-0.3, -0.25) is 4.98 Å². The lowest BCUT2D eigenvalue weighted by Crippen LogP contribution is -2.30. The standard InChI is InChI=1S/C26H25N5OS/c1-3-32-20-12-10-19(11-13-20)31-25(24(29-26(31)33)21-7-4-5-15-27-21)22-8-6-16-30(22)23-14-9-18(2)17-28-23/h4-17,24-25H,3H2,1-2H3,(H,29,33)/t24-,25-/m1/s1. The van der Waals surface area contributed by atoms with E-state index in [1.54, 1.807) is 0 Å². The van der Waals surface area contributed by atoms with Gasteiger partial charge in [0.1, 0.15) is 17.6 Å². The van der Waals surface area contributed by atoms with Crippen molar-refractivity contribution in [3.63, 3.8) is 0 Å². The van der Waals surface area contributed by atoms with E-state index in [1.165, 1.54) is 0 Å². The molecule has 1 aliphatic heterocycles. The molecule has 1 aliphatic rings. The molecule has 7 heteroatoms. The van der Waals surface area contributed by atoms with Crippen LogP contribution in [-0.2, 0) is 0 Å². The quantitative estimate of drug-likeness (QED) is 0.406. The molecule has 1 fully saturated rings. The van der Waals surface area contributed by atoms with Crippen molar-refractivity contribution < 1.29 is 4.74 Å². The van der Waals surface area contributed by atoms with E-state index in [4.69, 9.17) is 17.0 Å². The van der Waals surface area contributed by atoms with Crippen LogP contribution in [0.3, 0.4) is 0 Å². The molecule has 0 spiro atoms. The topological polar surface area (TPSA) is 55.2 Å². The summed E-state index contributed by atoms with van der Waals surface area (Å²) in [5.41, 5.74) is 4.12. The molecule has 5 rings (SSSR count). The molecule has 166 valence electrons. The minimum atomic E-state index is -0.122. The smallest absolute Gasteiger partial charge is 0.174 e. The largest absolute Gasteiger partial charge is 0.494 e. The Labute approximate surface area is 198 Å². The van der Waals surface area contributed by atoms with Crippen molar-refractivity contribution in [3.8, 4) is 11.6 Å². The summed E-state index contributed by atoms with van der Waals surface area (Å²) in [4.78, 5) is 11.5. The molecule has 6 nitrogen and oxygen atoms in total. The third-order valence-electron chi connectivity index (χ3n) is 5.75. The van der Waals surface area contributed by atoms with Crippen molar-refractivity contribution in [3.05, 3.63) is 102 Å². The van der Waals surface area contributed by atoms with E-state index in [0.29, 0.717) is 11.7 Å². The molecule has 4 aromatic rings.